The van der Waals surface area contributed by atoms with Gasteiger partial charge in [0.05, 0.1) is 11.1 Å². The smallest absolute Gasteiger partial charge is 0.335 e. The molecule has 0 saturated carbocycles. The standard InChI is InChI=1S/C15H13BrN2O3/c1-8-6-9(2-4-11(8)15(20)21)18-10-3-5-12(14(17)19)13(16)7-10/h2-7,18H,1H3,(H2,17,19)(H,20,21). The van der Waals surface area contributed by atoms with Crippen LogP contribution < -0.4 is 11.1 Å². The molecule has 4 N–H and O–H groups in total. The number of aryl methyl sites for hydroxylation is 1. The number of carboxylic acids is 1. The predicted molar refractivity (Wildman–Crippen MR) is 84.1 cm³/mol. The SMILES string of the molecule is Cc1cc(Nc2ccc(C(N)=O)c(Br)c2)ccc1C(=O)O. The van der Waals surface area contributed by atoms with Crippen molar-refractivity contribution >= 4 is 39.2 Å². The molecule has 6 heteroatoms. The number of nitrogens with two attached hydrogens (primary N) is 1. The first-order valence-electron chi connectivity index (χ1n) is 6.09. The predicted octanol–water partition coefficient (Wildman–Crippen LogP) is 3.30. The summed E-state index contributed by atoms with van der Waals surface area (Å²) in [6, 6.07) is 10.1. The van der Waals surface area contributed by atoms with Crippen molar-refractivity contribution < 1.29 is 14.7 Å². The minimum atomic E-state index is -0.951. The number of anilines is 2. The third kappa shape index (κ3) is 3.41. The molecule has 0 aliphatic heterocycles. The van der Waals surface area contributed by atoms with Gasteiger partial charge in [-0.05, 0) is 64.8 Å². The molecule has 0 atom stereocenters. The van der Waals surface area contributed by atoms with E-state index in [4.69, 9.17) is 10.8 Å². The van der Waals surface area contributed by atoms with Crippen LogP contribution in [0, 0.1) is 6.92 Å². The summed E-state index contributed by atoms with van der Waals surface area (Å²) in [5.74, 6) is -1.46. The molecule has 108 valence electrons. The molecule has 1 amide bonds. The lowest BCUT2D eigenvalue weighted by Gasteiger charge is -2.10. The van der Waals surface area contributed by atoms with Gasteiger partial charge in [-0.15, -0.1) is 0 Å². The van der Waals surface area contributed by atoms with Gasteiger partial charge in [-0.1, -0.05) is 0 Å². The minimum Gasteiger partial charge on any atom is -0.478 e. The molecule has 2 aromatic rings. The summed E-state index contributed by atoms with van der Waals surface area (Å²) >= 11 is 3.29. The highest BCUT2D eigenvalue weighted by Crippen LogP contribution is 2.25. The van der Waals surface area contributed by atoms with Gasteiger partial charge in [-0.3, -0.25) is 4.79 Å². The Morgan fingerprint density at radius 3 is 2.14 bits per heavy atom. The van der Waals surface area contributed by atoms with Crippen molar-refractivity contribution in [3.8, 4) is 0 Å². The summed E-state index contributed by atoms with van der Waals surface area (Å²) in [6.45, 7) is 1.74. The molecule has 0 saturated heterocycles. The van der Waals surface area contributed by atoms with Gasteiger partial charge in [0, 0.05) is 15.8 Å². The Morgan fingerprint density at radius 2 is 1.67 bits per heavy atom. The summed E-state index contributed by atoms with van der Waals surface area (Å²) in [5.41, 5.74) is 8.09. The number of carboxylic acid groups (broad SMARTS) is 1. The van der Waals surface area contributed by atoms with Crippen LogP contribution in [-0.2, 0) is 0 Å². The number of hydrogen-bond acceptors (Lipinski definition) is 3. The van der Waals surface area contributed by atoms with E-state index in [-0.39, 0.29) is 5.56 Å². The van der Waals surface area contributed by atoms with Crippen LogP contribution >= 0.6 is 15.9 Å². The number of primary amides is 1. The van der Waals surface area contributed by atoms with Gasteiger partial charge in [0.1, 0.15) is 0 Å². The van der Waals surface area contributed by atoms with Crippen LogP contribution in [0.25, 0.3) is 0 Å². The first kappa shape index (κ1) is 15.1. The van der Waals surface area contributed by atoms with E-state index in [9.17, 15) is 9.59 Å². The molecule has 2 aromatic carbocycles. The Labute approximate surface area is 129 Å². The van der Waals surface area contributed by atoms with Crippen LogP contribution in [0.15, 0.2) is 40.9 Å². The van der Waals surface area contributed by atoms with E-state index in [0.717, 1.165) is 11.4 Å². The van der Waals surface area contributed by atoms with E-state index in [1.807, 2.05) is 0 Å². The maximum absolute atomic E-state index is 11.2. The number of halogens is 1. The minimum absolute atomic E-state index is 0.269. The van der Waals surface area contributed by atoms with E-state index >= 15 is 0 Å². The number of amides is 1. The van der Waals surface area contributed by atoms with Crippen molar-refractivity contribution in [3.05, 3.63) is 57.6 Å². The normalized spacial score (nSPS) is 10.2. The molecule has 0 aliphatic rings. The third-order valence-electron chi connectivity index (χ3n) is 2.98. The summed E-state index contributed by atoms with van der Waals surface area (Å²) < 4.78 is 0.596. The van der Waals surface area contributed by atoms with Crippen LogP contribution in [0.5, 0.6) is 0 Å². The van der Waals surface area contributed by atoms with Crippen molar-refractivity contribution in [1.82, 2.24) is 0 Å². The van der Waals surface area contributed by atoms with Gasteiger partial charge in [0.15, 0.2) is 0 Å². The molecule has 0 unspecified atom stereocenters. The maximum atomic E-state index is 11.2. The highest BCUT2D eigenvalue weighted by atomic mass is 79.9. The van der Waals surface area contributed by atoms with Crippen molar-refractivity contribution in [2.24, 2.45) is 5.73 Å². The Kier molecular flexibility index (Phi) is 4.28. The molecule has 0 aliphatic carbocycles. The van der Waals surface area contributed by atoms with Gasteiger partial charge < -0.3 is 16.2 Å². The highest BCUT2D eigenvalue weighted by molar-refractivity contribution is 9.10. The Hall–Kier alpha value is -2.34. The molecule has 0 fully saturated rings. The van der Waals surface area contributed by atoms with Crippen molar-refractivity contribution in [1.29, 1.82) is 0 Å². The Morgan fingerprint density at radius 1 is 1.10 bits per heavy atom. The average molecular weight is 349 g/mol. The quantitative estimate of drug-likeness (QED) is 0.790. The lowest BCUT2D eigenvalue weighted by molar-refractivity contribution is 0.0696. The molecule has 0 bridgehead atoms. The fourth-order valence-corrected chi connectivity index (χ4v) is 2.51. The summed E-state index contributed by atoms with van der Waals surface area (Å²) in [5, 5.41) is 12.1. The molecular formula is C15H13BrN2O3. The van der Waals surface area contributed by atoms with Gasteiger partial charge in [0.2, 0.25) is 5.91 Å². The van der Waals surface area contributed by atoms with E-state index in [0.29, 0.717) is 15.6 Å². The Balaban J connectivity index is 2.26. The zero-order valence-electron chi connectivity index (χ0n) is 11.2. The first-order chi connectivity index (χ1) is 9.88. The number of benzene rings is 2. The lowest BCUT2D eigenvalue weighted by atomic mass is 10.1. The van der Waals surface area contributed by atoms with Gasteiger partial charge in [0.25, 0.3) is 0 Å². The lowest BCUT2D eigenvalue weighted by Crippen LogP contribution is -2.11. The van der Waals surface area contributed by atoms with E-state index in [1.54, 1.807) is 43.3 Å². The van der Waals surface area contributed by atoms with Crippen LogP contribution in [0.4, 0.5) is 11.4 Å². The highest BCUT2D eigenvalue weighted by Gasteiger charge is 2.09. The third-order valence-corrected chi connectivity index (χ3v) is 3.64. The second-order valence-electron chi connectivity index (χ2n) is 4.52. The molecule has 2 rings (SSSR count). The summed E-state index contributed by atoms with van der Waals surface area (Å²) in [7, 11) is 0. The van der Waals surface area contributed by atoms with Crippen molar-refractivity contribution in [2.75, 3.05) is 5.32 Å². The molecule has 21 heavy (non-hydrogen) atoms. The van der Waals surface area contributed by atoms with Gasteiger partial charge >= 0.3 is 5.97 Å². The fraction of sp³-hybridized carbons (Fsp3) is 0.0667. The van der Waals surface area contributed by atoms with E-state index in [1.165, 1.54) is 0 Å². The second-order valence-corrected chi connectivity index (χ2v) is 5.37. The molecule has 5 nitrogen and oxygen atoms in total. The average Bonchev–Trinajstić information content (AvgIpc) is 2.37. The largest absolute Gasteiger partial charge is 0.478 e. The monoisotopic (exact) mass is 348 g/mol. The van der Waals surface area contributed by atoms with Crippen LogP contribution in [-0.4, -0.2) is 17.0 Å². The van der Waals surface area contributed by atoms with E-state index < -0.39 is 11.9 Å². The number of carbonyl (C=O) groups is 2. The summed E-state index contributed by atoms with van der Waals surface area (Å²) in [6.07, 6.45) is 0. The fourth-order valence-electron chi connectivity index (χ4n) is 1.94. The topological polar surface area (TPSA) is 92.4 Å². The number of carbonyl (C=O) groups excluding carboxylic acids is 1. The van der Waals surface area contributed by atoms with Gasteiger partial charge in [-0.25, -0.2) is 4.79 Å². The molecule has 0 spiro atoms. The summed E-state index contributed by atoms with van der Waals surface area (Å²) in [4.78, 5) is 22.1. The second kappa shape index (κ2) is 5.97. The number of nitrogens with one attached hydrogen (secondary N) is 1. The van der Waals surface area contributed by atoms with Gasteiger partial charge in [-0.2, -0.15) is 0 Å². The molecular weight excluding hydrogens is 336 g/mol. The first-order valence-corrected chi connectivity index (χ1v) is 6.88. The number of aromatic carboxylic acids is 1. The van der Waals surface area contributed by atoms with Crippen LogP contribution in [0.3, 0.4) is 0 Å². The molecule has 0 aromatic heterocycles. The van der Waals surface area contributed by atoms with Crippen molar-refractivity contribution in [3.63, 3.8) is 0 Å². The molecule has 0 radical (unpaired) electrons. The zero-order chi connectivity index (χ0) is 15.6. The number of hydrogen-bond donors (Lipinski definition) is 3. The molecule has 0 heterocycles. The van der Waals surface area contributed by atoms with E-state index in [2.05, 4.69) is 21.2 Å². The zero-order valence-corrected chi connectivity index (χ0v) is 12.8. The maximum Gasteiger partial charge on any atom is 0.335 e. The van der Waals surface area contributed by atoms with Crippen LogP contribution in [0.1, 0.15) is 26.3 Å². The van der Waals surface area contributed by atoms with Crippen LogP contribution in [0.2, 0.25) is 0 Å². The van der Waals surface area contributed by atoms with Crippen molar-refractivity contribution in [2.45, 2.75) is 6.92 Å². The Bertz CT molecular complexity index is 667. The number of rotatable bonds is 4.